The number of H-pyrrole nitrogens is 1. The van der Waals surface area contributed by atoms with Crippen LogP contribution in [-0.2, 0) is 0 Å². The van der Waals surface area contributed by atoms with E-state index in [2.05, 4.69) is 18.8 Å². The number of aromatic amines is 1. The zero-order chi connectivity index (χ0) is 17.8. The Bertz CT molecular complexity index is 545. The van der Waals surface area contributed by atoms with Crippen molar-refractivity contribution in [3.05, 3.63) is 32.6 Å². The third kappa shape index (κ3) is 7.50. The molecule has 1 rings (SSSR count). The summed E-state index contributed by atoms with van der Waals surface area (Å²) in [7, 11) is 0. The Morgan fingerprint density at radius 2 is 1.38 bits per heavy atom. The maximum absolute atomic E-state index is 12.2. The van der Waals surface area contributed by atoms with Gasteiger partial charge in [0.1, 0.15) is 0 Å². The Morgan fingerprint density at radius 1 is 0.875 bits per heavy atom. The molecule has 0 aliphatic carbocycles. The maximum Gasteiger partial charge on any atom is 0.328 e. The van der Waals surface area contributed by atoms with E-state index in [1.165, 1.54) is 51.4 Å². The Balaban J connectivity index is 2.67. The monoisotopic (exact) mass is 336 g/mol. The Hall–Kier alpha value is -1.32. The summed E-state index contributed by atoms with van der Waals surface area (Å²) >= 11 is 0. The molecular weight excluding hydrogens is 300 g/mol. The van der Waals surface area contributed by atoms with Crippen LogP contribution in [0.3, 0.4) is 0 Å². The predicted octanol–water partition coefficient (Wildman–Crippen LogP) is 5.11. The van der Waals surface area contributed by atoms with Crippen LogP contribution in [0.5, 0.6) is 0 Å². The summed E-state index contributed by atoms with van der Waals surface area (Å²) in [6, 6.07) is 0.219. The van der Waals surface area contributed by atoms with Crippen molar-refractivity contribution in [2.75, 3.05) is 0 Å². The van der Waals surface area contributed by atoms with E-state index in [9.17, 15) is 9.59 Å². The van der Waals surface area contributed by atoms with Gasteiger partial charge < -0.3 is 0 Å². The first-order chi connectivity index (χ1) is 11.6. The molecule has 0 saturated carbocycles. The molecule has 24 heavy (non-hydrogen) atoms. The highest BCUT2D eigenvalue weighted by Gasteiger charge is 2.13. The normalized spacial score (nSPS) is 11.3. The van der Waals surface area contributed by atoms with Gasteiger partial charge in [0, 0.05) is 17.8 Å². The molecule has 0 aliphatic heterocycles. The highest BCUT2D eigenvalue weighted by Crippen LogP contribution is 2.22. The molecule has 138 valence electrons. The van der Waals surface area contributed by atoms with Crippen molar-refractivity contribution in [3.8, 4) is 0 Å². The summed E-state index contributed by atoms with van der Waals surface area (Å²) in [6.45, 7) is 6.22. The zero-order valence-corrected chi connectivity index (χ0v) is 15.9. The molecule has 0 aliphatic rings. The largest absolute Gasteiger partial charge is 0.328 e. The zero-order valence-electron chi connectivity index (χ0n) is 15.9. The van der Waals surface area contributed by atoms with Crippen molar-refractivity contribution in [2.24, 2.45) is 0 Å². The first-order valence-electron chi connectivity index (χ1n) is 9.92. The molecule has 0 saturated heterocycles. The number of aromatic nitrogens is 2. The van der Waals surface area contributed by atoms with E-state index < -0.39 is 0 Å². The van der Waals surface area contributed by atoms with Gasteiger partial charge in [-0.25, -0.2) is 4.79 Å². The standard InChI is InChI=1S/C20H36N2O2/c1-4-6-8-10-12-14-18(15-13-11-9-7-5-2)22-16-17(3)19(23)21-20(22)24/h16,18H,4-15H2,1-3H3,(H,21,23,24). The highest BCUT2D eigenvalue weighted by atomic mass is 16.2. The minimum Gasteiger partial charge on any atom is -0.297 e. The van der Waals surface area contributed by atoms with Gasteiger partial charge in [-0.3, -0.25) is 14.3 Å². The van der Waals surface area contributed by atoms with Gasteiger partial charge in [-0.15, -0.1) is 0 Å². The topological polar surface area (TPSA) is 54.9 Å². The molecule has 0 atom stereocenters. The molecule has 1 aromatic rings. The van der Waals surface area contributed by atoms with Gasteiger partial charge in [-0.2, -0.15) is 0 Å². The number of rotatable bonds is 13. The van der Waals surface area contributed by atoms with Gasteiger partial charge in [-0.05, 0) is 19.8 Å². The molecule has 0 amide bonds. The lowest BCUT2D eigenvalue weighted by Gasteiger charge is -2.20. The number of hydrogen-bond acceptors (Lipinski definition) is 2. The van der Waals surface area contributed by atoms with Crippen molar-refractivity contribution in [2.45, 2.75) is 104 Å². The van der Waals surface area contributed by atoms with E-state index >= 15 is 0 Å². The molecule has 0 radical (unpaired) electrons. The van der Waals surface area contributed by atoms with E-state index in [1.54, 1.807) is 17.7 Å². The fourth-order valence-electron chi connectivity index (χ4n) is 3.25. The number of nitrogens with zero attached hydrogens (tertiary/aromatic N) is 1. The van der Waals surface area contributed by atoms with Crippen LogP contribution >= 0.6 is 0 Å². The Labute approximate surface area is 146 Å². The molecule has 4 nitrogen and oxygen atoms in total. The fraction of sp³-hybridized carbons (Fsp3) is 0.800. The highest BCUT2D eigenvalue weighted by molar-refractivity contribution is 5.01. The summed E-state index contributed by atoms with van der Waals surface area (Å²) in [6.07, 6.45) is 16.2. The minimum atomic E-state index is -0.263. The lowest BCUT2D eigenvalue weighted by Crippen LogP contribution is -2.33. The SMILES string of the molecule is CCCCCCCC(CCCCCCC)n1cc(C)c(=O)[nH]c1=O. The third-order valence-corrected chi connectivity index (χ3v) is 4.82. The second kappa shape index (κ2) is 12.1. The number of hydrogen-bond donors (Lipinski definition) is 1. The lowest BCUT2D eigenvalue weighted by molar-refractivity contribution is 0.380. The Morgan fingerprint density at radius 3 is 1.88 bits per heavy atom. The van der Waals surface area contributed by atoms with Gasteiger partial charge in [-0.1, -0.05) is 78.1 Å². The van der Waals surface area contributed by atoms with E-state index in [4.69, 9.17) is 0 Å². The van der Waals surface area contributed by atoms with Crippen molar-refractivity contribution < 1.29 is 0 Å². The first kappa shape index (κ1) is 20.7. The molecule has 4 heteroatoms. The van der Waals surface area contributed by atoms with E-state index in [0.717, 1.165) is 25.7 Å². The van der Waals surface area contributed by atoms with Crippen molar-refractivity contribution in [1.82, 2.24) is 9.55 Å². The Kier molecular flexibility index (Phi) is 10.4. The third-order valence-electron chi connectivity index (χ3n) is 4.82. The molecule has 0 spiro atoms. The lowest BCUT2D eigenvalue weighted by atomic mass is 10.00. The average molecular weight is 337 g/mol. The van der Waals surface area contributed by atoms with Crippen LogP contribution in [0.15, 0.2) is 15.8 Å². The van der Waals surface area contributed by atoms with Crippen molar-refractivity contribution in [1.29, 1.82) is 0 Å². The van der Waals surface area contributed by atoms with Crippen molar-refractivity contribution in [3.63, 3.8) is 0 Å². The number of nitrogens with one attached hydrogen (secondary N) is 1. The molecule has 1 aromatic heterocycles. The molecule has 0 unspecified atom stereocenters. The number of aryl methyl sites for hydroxylation is 1. The van der Waals surface area contributed by atoms with E-state index in [0.29, 0.717) is 5.56 Å². The van der Waals surface area contributed by atoms with Crippen LogP contribution in [0.25, 0.3) is 0 Å². The average Bonchev–Trinajstić information content (AvgIpc) is 2.56. The van der Waals surface area contributed by atoms with Gasteiger partial charge in [0.15, 0.2) is 0 Å². The molecular formula is C20H36N2O2. The summed E-state index contributed by atoms with van der Waals surface area (Å²) in [5.74, 6) is 0. The van der Waals surface area contributed by atoms with Crippen LogP contribution in [0.2, 0.25) is 0 Å². The van der Waals surface area contributed by atoms with Crippen LogP contribution in [0.1, 0.15) is 103 Å². The molecule has 1 N–H and O–H groups in total. The smallest absolute Gasteiger partial charge is 0.297 e. The predicted molar refractivity (Wildman–Crippen MR) is 102 cm³/mol. The van der Waals surface area contributed by atoms with Gasteiger partial charge in [0.2, 0.25) is 0 Å². The van der Waals surface area contributed by atoms with Crippen LogP contribution < -0.4 is 11.2 Å². The number of unbranched alkanes of at least 4 members (excludes halogenated alkanes) is 8. The maximum atomic E-state index is 12.2. The van der Waals surface area contributed by atoms with E-state index in [-0.39, 0.29) is 17.3 Å². The van der Waals surface area contributed by atoms with Gasteiger partial charge in [0.05, 0.1) is 0 Å². The summed E-state index contributed by atoms with van der Waals surface area (Å²) < 4.78 is 1.77. The summed E-state index contributed by atoms with van der Waals surface area (Å²) in [5.41, 5.74) is 0.107. The second-order valence-corrected chi connectivity index (χ2v) is 7.04. The minimum absolute atomic E-state index is 0.219. The second-order valence-electron chi connectivity index (χ2n) is 7.04. The molecule has 0 bridgehead atoms. The van der Waals surface area contributed by atoms with Crippen LogP contribution in [0, 0.1) is 6.92 Å². The van der Waals surface area contributed by atoms with Gasteiger partial charge >= 0.3 is 5.69 Å². The van der Waals surface area contributed by atoms with E-state index in [1.807, 2.05) is 0 Å². The summed E-state index contributed by atoms with van der Waals surface area (Å²) in [4.78, 5) is 26.3. The van der Waals surface area contributed by atoms with Crippen LogP contribution in [0.4, 0.5) is 0 Å². The molecule has 1 heterocycles. The molecule has 0 aromatic carbocycles. The quantitative estimate of drug-likeness (QED) is 0.509. The first-order valence-corrected chi connectivity index (χ1v) is 9.92. The van der Waals surface area contributed by atoms with Crippen molar-refractivity contribution >= 4 is 0 Å². The fourth-order valence-corrected chi connectivity index (χ4v) is 3.25. The van der Waals surface area contributed by atoms with Gasteiger partial charge in [0.25, 0.3) is 5.56 Å². The van der Waals surface area contributed by atoms with Crippen LogP contribution in [-0.4, -0.2) is 9.55 Å². The molecule has 0 fully saturated rings. The summed E-state index contributed by atoms with van der Waals surface area (Å²) in [5, 5.41) is 0.